The van der Waals surface area contributed by atoms with E-state index in [0.29, 0.717) is 11.1 Å². The van der Waals surface area contributed by atoms with Gasteiger partial charge in [-0.15, -0.1) is 0 Å². The summed E-state index contributed by atoms with van der Waals surface area (Å²) in [7, 11) is -3.27. The molecule has 1 heterocycles. The predicted octanol–water partition coefficient (Wildman–Crippen LogP) is 2.41. The van der Waals surface area contributed by atoms with E-state index < -0.39 is 20.3 Å². The Morgan fingerprint density at radius 2 is 1.95 bits per heavy atom. The van der Waals surface area contributed by atoms with E-state index in [9.17, 15) is 13.2 Å². The number of rotatable bonds is 3. The lowest BCUT2D eigenvalue weighted by molar-refractivity contribution is 0.508. The largest absolute Gasteiger partial charge is 0.419 e. The first kappa shape index (κ1) is 15.6. The summed E-state index contributed by atoms with van der Waals surface area (Å²) in [4.78, 5) is 11.8. The molecule has 5 nitrogen and oxygen atoms in total. The van der Waals surface area contributed by atoms with Gasteiger partial charge in [-0.1, -0.05) is 0 Å². The van der Waals surface area contributed by atoms with Crippen molar-refractivity contribution in [2.75, 3.05) is 5.75 Å². The molecule has 0 unspecified atom stereocenters. The van der Waals surface area contributed by atoms with Gasteiger partial charge in [0, 0.05) is 10.1 Å². The van der Waals surface area contributed by atoms with Crippen LogP contribution in [-0.4, -0.2) is 23.5 Å². The summed E-state index contributed by atoms with van der Waals surface area (Å²) in [6, 6.07) is 5.38. The van der Waals surface area contributed by atoms with Crippen molar-refractivity contribution in [3.05, 3.63) is 32.3 Å². The average Bonchev–Trinajstić information content (AvgIpc) is 2.59. The number of oxazole rings is 1. The molecule has 110 valence electrons. The smallest absolute Gasteiger partial charge is 0.408 e. The average molecular weight is 409 g/mol. The number of aromatic nitrogens is 1. The van der Waals surface area contributed by atoms with Crippen LogP contribution in [0.25, 0.3) is 11.1 Å². The van der Waals surface area contributed by atoms with Crippen LogP contribution in [0, 0.1) is 3.57 Å². The van der Waals surface area contributed by atoms with Crippen molar-refractivity contribution in [2.45, 2.75) is 32.1 Å². The molecule has 0 aliphatic carbocycles. The Bertz CT molecular complexity index is 796. The normalized spacial score (nSPS) is 13.0. The van der Waals surface area contributed by atoms with Gasteiger partial charge in [-0.25, -0.2) is 13.2 Å². The lowest BCUT2D eigenvalue weighted by Crippen LogP contribution is -2.33. The maximum atomic E-state index is 12.1. The highest BCUT2D eigenvalue weighted by molar-refractivity contribution is 14.1. The van der Waals surface area contributed by atoms with Crippen LogP contribution >= 0.6 is 22.6 Å². The van der Waals surface area contributed by atoms with Crippen molar-refractivity contribution in [1.29, 1.82) is 0 Å². The van der Waals surface area contributed by atoms with Gasteiger partial charge in [-0.3, -0.25) is 4.57 Å². The molecule has 0 saturated heterocycles. The topological polar surface area (TPSA) is 69.3 Å². The van der Waals surface area contributed by atoms with E-state index in [1.54, 1.807) is 32.9 Å². The van der Waals surface area contributed by atoms with E-state index in [4.69, 9.17) is 4.42 Å². The molecule has 0 aliphatic rings. The lowest BCUT2D eigenvalue weighted by atomic mass is 10.3. The first-order valence-corrected chi connectivity index (χ1v) is 8.86. The van der Waals surface area contributed by atoms with Gasteiger partial charge in [0.25, 0.3) is 0 Å². The lowest BCUT2D eigenvalue weighted by Gasteiger charge is -2.18. The third kappa shape index (κ3) is 2.93. The number of benzene rings is 1. The summed E-state index contributed by atoms with van der Waals surface area (Å²) in [5, 5.41) is 0. The second kappa shape index (κ2) is 5.18. The van der Waals surface area contributed by atoms with Gasteiger partial charge < -0.3 is 4.42 Å². The molecule has 1 aromatic heterocycles. The Morgan fingerprint density at radius 3 is 2.55 bits per heavy atom. The highest BCUT2D eigenvalue weighted by Crippen LogP contribution is 2.19. The second-order valence-electron chi connectivity index (χ2n) is 5.56. The molecule has 0 saturated carbocycles. The van der Waals surface area contributed by atoms with Crippen LogP contribution in [-0.2, 0) is 16.4 Å². The van der Waals surface area contributed by atoms with E-state index in [0.717, 1.165) is 3.57 Å². The number of halogens is 1. The minimum Gasteiger partial charge on any atom is -0.408 e. The van der Waals surface area contributed by atoms with Gasteiger partial charge in [0.15, 0.2) is 15.4 Å². The molecule has 0 aliphatic heterocycles. The number of hydrogen-bond donors (Lipinski definition) is 0. The Labute approximate surface area is 131 Å². The number of sulfone groups is 1. The highest BCUT2D eigenvalue weighted by atomic mass is 127. The van der Waals surface area contributed by atoms with E-state index in [2.05, 4.69) is 22.6 Å². The summed E-state index contributed by atoms with van der Waals surface area (Å²) in [6.07, 6.45) is 0. The summed E-state index contributed by atoms with van der Waals surface area (Å²) >= 11 is 2.13. The van der Waals surface area contributed by atoms with Crippen LogP contribution in [0.1, 0.15) is 20.8 Å². The third-order valence-corrected chi connectivity index (χ3v) is 6.40. The molecule has 0 radical (unpaired) electrons. The quantitative estimate of drug-likeness (QED) is 0.731. The summed E-state index contributed by atoms with van der Waals surface area (Å²) in [5.41, 5.74) is 1.11. The standard InChI is InChI=1S/C13H16INO4S/c1-13(2,3)20(17,18)7-6-15-10-5-4-9(14)8-11(10)19-12(15)16/h4-5,8H,6-7H2,1-3H3. The number of nitrogens with zero attached hydrogens (tertiary/aromatic N) is 1. The molecule has 0 spiro atoms. The van der Waals surface area contributed by atoms with E-state index in [-0.39, 0.29) is 12.3 Å². The van der Waals surface area contributed by atoms with Crippen LogP contribution in [0.2, 0.25) is 0 Å². The van der Waals surface area contributed by atoms with Crippen LogP contribution < -0.4 is 5.76 Å². The Kier molecular flexibility index (Phi) is 4.03. The first-order chi connectivity index (χ1) is 9.12. The molecule has 2 rings (SSSR count). The molecule has 7 heteroatoms. The fourth-order valence-electron chi connectivity index (χ4n) is 1.77. The van der Waals surface area contributed by atoms with Crippen molar-refractivity contribution < 1.29 is 12.8 Å². The van der Waals surface area contributed by atoms with Gasteiger partial charge in [0.1, 0.15) is 0 Å². The van der Waals surface area contributed by atoms with Crippen molar-refractivity contribution >= 4 is 43.5 Å². The van der Waals surface area contributed by atoms with Crippen LogP contribution in [0.5, 0.6) is 0 Å². The maximum Gasteiger partial charge on any atom is 0.419 e. The first-order valence-electron chi connectivity index (χ1n) is 6.13. The molecule has 2 aromatic rings. The number of hydrogen-bond acceptors (Lipinski definition) is 4. The van der Waals surface area contributed by atoms with Crippen LogP contribution in [0.3, 0.4) is 0 Å². The molecule has 20 heavy (non-hydrogen) atoms. The predicted molar refractivity (Wildman–Crippen MR) is 86.7 cm³/mol. The second-order valence-corrected chi connectivity index (χ2v) is 9.67. The molecular weight excluding hydrogens is 393 g/mol. The molecular formula is C13H16INO4S. The Hall–Kier alpha value is -0.830. The van der Waals surface area contributed by atoms with Crippen molar-refractivity contribution in [3.8, 4) is 0 Å². The maximum absolute atomic E-state index is 12.1. The zero-order chi connectivity index (χ0) is 15.1. The van der Waals surface area contributed by atoms with Crippen LogP contribution in [0.4, 0.5) is 0 Å². The van der Waals surface area contributed by atoms with Gasteiger partial charge in [-0.05, 0) is 61.6 Å². The molecule has 0 atom stereocenters. The molecule has 1 aromatic carbocycles. The zero-order valence-electron chi connectivity index (χ0n) is 11.5. The van der Waals surface area contributed by atoms with Crippen molar-refractivity contribution in [1.82, 2.24) is 4.57 Å². The fourth-order valence-corrected chi connectivity index (χ4v) is 3.27. The summed E-state index contributed by atoms with van der Waals surface area (Å²) in [5.74, 6) is -0.608. The van der Waals surface area contributed by atoms with E-state index in [1.807, 2.05) is 6.07 Å². The van der Waals surface area contributed by atoms with Crippen molar-refractivity contribution in [2.24, 2.45) is 0 Å². The Morgan fingerprint density at radius 1 is 1.30 bits per heavy atom. The molecule has 0 fully saturated rings. The van der Waals surface area contributed by atoms with Gasteiger partial charge in [-0.2, -0.15) is 0 Å². The van der Waals surface area contributed by atoms with Gasteiger partial charge >= 0.3 is 5.76 Å². The van der Waals surface area contributed by atoms with E-state index in [1.165, 1.54) is 4.57 Å². The van der Waals surface area contributed by atoms with Crippen molar-refractivity contribution in [3.63, 3.8) is 0 Å². The number of fused-ring (bicyclic) bond motifs is 1. The van der Waals surface area contributed by atoms with E-state index >= 15 is 0 Å². The summed E-state index contributed by atoms with van der Waals surface area (Å²) in [6.45, 7) is 5.06. The highest BCUT2D eigenvalue weighted by Gasteiger charge is 2.29. The third-order valence-electron chi connectivity index (χ3n) is 3.15. The molecule has 0 amide bonds. The minimum absolute atomic E-state index is 0.0863. The van der Waals surface area contributed by atoms with Crippen LogP contribution in [0.15, 0.2) is 27.4 Å². The fraction of sp³-hybridized carbons (Fsp3) is 0.462. The molecule has 0 bridgehead atoms. The Balaban J connectivity index is 2.36. The minimum atomic E-state index is -3.27. The monoisotopic (exact) mass is 409 g/mol. The molecule has 0 N–H and O–H groups in total. The van der Waals surface area contributed by atoms with Gasteiger partial charge in [0.2, 0.25) is 0 Å². The van der Waals surface area contributed by atoms with Gasteiger partial charge in [0.05, 0.1) is 16.0 Å². The summed E-state index contributed by atoms with van der Waals surface area (Å²) < 4.78 is 30.8. The SMILES string of the molecule is CC(C)(C)S(=O)(=O)CCn1c(=O)oc2cc(I)ccc21. The zero-order valence-corrected chi connectivity index (χ0v) is 14.5. The number of aryl methyl sites for hydroxylation is 1.